The maximum atomic E-state index is 11.6. The van der Waals surface area contributed by atoms with Crippen molar-refractivity contribution in [3.8, 4) is 0 Å². The van der Waals surface area contributed by atoms with Crippen LogP contribution in [-0.4, -0.2) is 24.9 Å². The summed E-state index contributed by atoms with van der Waals surface area (Å²) in [6.07, 6.45) is 6.37. The van der Waals surface area contributed by atoms with Gasteiger partial charge in [-0.05, 0) is 38.5 Å². The smallest absolute Gasteiger partial charge is 0.223 e. The Labute approximate surface area is 158 Å². The van der Waals surface area contributed by atoms with Crippen molar-refractivity contribution in [3.05, 3.63) is 48.0 Å². The topological polar surface area (TPSA) is 58.2 Å². The van der Waals surface area contributed by atoms with Crippen LogP contribution in [0.5, 0.6) is 0 Å². The fraction of sp³-hybridized carbons (Fsp3) is 0.545. The zero-order valence-electron chi connectivity index (χ0n) is 16.6. The Hall–Kier alpha value is -2.10. The first-order valence-corrected chi connectivity index (χ1v) is 9.61. The van der Waals surface area contributed by atoms with Crippen LogP contribution in [0.1, 0.15) is 45.6 Å². The summed E-state index contributed by atoms with van der Waals surface area (Å²) in [5.74, 6) is 0.974. The van der Waals surface area contributed by atoms with Gasteiger partial charge in [0.25, 0.3) is 0 Å². The van der Waals surface area contributed by atoms with E-state index >= 15 is 0 Å². The third-order valence-electron chi connectivity index (χ3n) is 4.31. The molecule has 26 heavy (non-hydrogen) atoms. The molecule has 1 aliphatic heterocycles. The largest absolute Gasteiger partial charge is 0.356 e. The molecule has 2 rings (SSSR count). The van der Waals surface area contributed by atoms with Crippen molar-refractivity contribution in [2.24, 2.45) is 17.8 Å². The summed E-state index contributed by atoms with van der Waals surface area (Å²) in [4.78, 5) is 23.2. The molecule has 0 aliphatic carbocycles. The van der Waals surface area contributed by atoms with Gasteiger partial charge in [0.15, 0.2) is 0 Å². The highest BCUT2D eigenvalue weighted by Gasteiger charge is 2.26. The molecule has 2 unspecified atom stereocenters. The minimum absolute atomic E-state index is 0.0976. The average Bonchev–Trinajstić information content (AvgIpc) is 2.98. The van der Waals surface area contributed by atoms with E-state index in [2.05, 4.69) is 35.8 Å². The molecule has 144 valence electrons. The van der Waals surface area contributed by atoms with E-state index in [4.69, 9.17) is 0 Å². The lowest BCUT2D eigenvalue weighted by Crippen LogP contribution is -2.31. The molecule has 0 saturated carbocycles. The van der Waals surface area contributed by atoms with E-state index < -0.39 is 0 Å². The number of aryl methyl sites for hydroxylation is 1. The van der Waals surface area contributed by atoms with Gasteiger partial charge >= 0.3 is 0 Å². The van der Waals surface area contributed by atoms with Crippen LogP contribution in [0.3, 0.4) is 0 Å². The summed E-state index contributed by atoms with van der Waals surface area (Å²) in [6, 6.07) is 10.3. The standard InChI is InChI=1S/C15H26N2O2.C7H8/c1-4-5-12(9-13-6-7-16-15(13)19)10-17-14(18)8-11(2)3;1-7-5-3-2-4-6-7/h4-5,11-13H,6-10H2,1-3H3,(H,16,19)(H,17,18);2-6H,1H3/b5-4+;. The molecule has 4 heteroatoms. The molecule has 1 aliphatic rings. The number of hydrogen-bond donors (Lipinski definition) is 2. The molecular weight excluding hydrogens is 324 g/mol. The van der Waals surface area contributed by atoms with Gasteiger partial charge in [0.2, 0.25) is 11.8 Å². The number of amides is 2. The number of benzene rings is 1. The normalized spacial score (nSPS) is 17.6. The number of rotatable bonds is 7. The predicted octanol–water partition coefficient (Wildman–Crippen LogP) is 3.86. The Kier molecular flexibility index (Phi) is 10.4. The second kappa shape index (κ2) is 12.3. The van der Waals surface area contributed by atoms with E-state index in [0.29, 0.717) is 18.9 Å². The zero-order valence-corrected chi connectivity index (χ0v) is 16.6. The summed E-state index contributed by atoms with van der Waals surface area (Å²) in [5, 5.41) is 5.82. The maximum Gasteiger partial charge on any atom is 0.223 e. The van der Waals surface area contributed by atoms with Crippen LogP contribution < -0.4 is 10.6 Å². The molecule has 0 spiro atoms. The van der Waals surface area contributed by atoms with E-state index in [1.807, 2.05) is 45.0 Å². The molecule has 2 atom stereocenters. The van der Waals surface area contributed by atoms with Gasteiger partial charge in [0, 0.05) is 25.4 Å². The summed E-state index contributed by atoms with van der Waals surface area (Å²) in [6.45, 7) is 9.53. The van der Waals surface area contributed by atoms with Gasteiger partial charge in [-0.2, -0.15) is 0 Å². The zero-order chi connectivity index (χ0) is 19.4. The molecule has 4 nitrogen and oxygen atoms in total. The van der Waals surface area contributed by atoms with E-state index in [0.717, 1.165) is 19.4 Å². The first-order valence-electron chi connectivity index (χ1n) is 9.61. The Bertz CT molecular complexity index is 567. The van der Waals surface area contributed by atoms with Crippen LogP contribution in [0.2, 0.25) is 0 Å². The highest BCUT2D eigenvalue weighted by atomic mass is 16.2. The minimum atomic E-state index is 0.0976. The summed E-state index contributed by atoms with van der Waals surface area (Å²) < 4.78 is 0. The Morgan fingerprint density at radius 1 is 1.31 bits per heavy atom. The number of carbonyl (C=O) groups is 2. The molecule has 1 aromatic rings. The first kappa shape index (κ1) is 21.9. The Morgan fingerprint density at radius 3 is 2.46 bits per heavy atom. The van der Waals surface area contributed by atoms with E-state index in [1.54, 1.807) is 0 Å². The van der Waals surface area contributed by atoms with Crippen LogP contribution in [0.15, 0.2) is 42.5 Å². The van der Waals surface area contributed by atoms with Crippen LogP contribution in [0.25, 0.3) is 0 Å². The number of allylic oxidation sites excluding steroid dienone is 1. The summed E-state index contributed by atoms with van der Waals surface area (Å²) in [7, 11) is 0. The Morgan fingerprint density at radius 2 is 2.00 bits per heavy atom. The molecule has 1 fully saturated rings. The number of nitrogens with one attached hydrogen (secondary N) is 2. The van der Waals surface area contributed by atoms with Crippen molar-refractivity contribution in [2.45, 2.75) is 47.0 Å². The van der Waals surface area contributed by atoms with Gasteiger partial charge in [0.05, 0.1) is 0 Å². The second-order valence-electron chi connectivity index (χ2n) is 7.35. The SMILES string of the molecule is C/C=C/C(CNC(=O)CC(C)C)CC1CCNC1=O.Cc1ccccc1. The fourth-order valence-corrected chi connectivity index (χ4v) is 2.96. The highest BCUT2D eigenvalue weighted by molar-refractivity contribution is 5.80. The maximum absolute atomic E-state index is 11.6. The van der Waals surface area contributed by atoms with Gasteiger partial charge in [-0.15, -0.1) is 0 Å². The molecular formula is C22H34N2O2. The van der Waals surface area contributed by atoms with Gasteiger partial charge in [-0.25, -0.2) is 0 Å². The van der Waals surface area contributed by atoms with E-state index in [-0.39, 0.29) is 23.7 Å². The first-order chi connectivity index (χ1) is 12.4. The predicted molar refractivity (Wildman–Crippen MR) is 108 cm³/mol. The van der Waals surface area contributed by atoms with Crippen molar-refractivity contribution in [1.29, 1.82) is 0 Å². The van der Waals surface area contributed by atoms with Crippen LogP contribution in [0.4, 0.5) is 0 Å². The van der Waals surface area contributed by atoms with Crippen molar-refractivity contribution >= 4 is 11.8 Å². The lowest BCUT2D eigenvalue weighted by atomic mass is 9.92. The fourth-order valence-electron chi connectivity index (χ4n) is 2.96. The van der Waals surface area contributed by atoms with Gasteiger partial charge < -0.3 is 10.6 Å². The molecule has 1 saturated heterocycles. The molecule has 0 bridgehead atoms. The summed E-state index contributed by atoms with van der Waals surface area (Å²) in [5.41, 5.74) is 1.32. The van der Waals surface area contributed by atoms with Crippen molar-refractivity contribution in [2.75, 3.05) is 13.1 Å². The molecule has 1 heterocycles. The lowest BCUT2D eigenvalue weighted by molar-refractivity contribution is -0.122. The number of carbonyl (C=O) groups excluding carboxylic acids is 2. The Balaban J connectivity index is 0.000000401. The molecule has 2 amide bonds. The quantitative estimate of drug-likeness (QED) is 0.727. The molecule has 2 N–H and O–H groups in total. The monoisotopic (exact) mass is 358 g/mol. The van der Waals surface area contributed by atoms with Crippen molar-refractivity contribution in [1.82, 2.24) is 10.6 Å². The third-order valence-corrected chi connectivity index (χ3v) is 4.31. The van der Waals surface area contributed by atoms with Crippen molar-refractivity contribution in [3.63, 3.8) is 0 Å². The van der Waals surface area contributed by atoms with Crippen LogP contribution in [0, 0.1) is 24.7 Å². The molecule has 0 radical (unpaired) electrons. The average molecular weight is 359 g/mol. The lowest BCUT2D eigenvalue weighted by Gasteiger charge is -2.17. The van der Waals surface area contributed by atoms with E-state index in [9.17, 15) is 9.59 Å². The van der Waals surface area contributed by atoms with Gasteiger partial charge in [-0.1, -0.05) is 61.9 Å². The van der Waals surface area contributed by atoms with Gasteiger partial charge in [0.1, 0.15) is 0 Å². The second-order valence-corrected chi connectivity index (χ2v) is 7.35. The molecule has 0 aromatic heterocycles. The van der Waals surface area contributed by atoms with E-state index in [1.165, 1.54) is 5.56 Å². The van der Waals surface area contributed by atoms with Crippen LogP contribution in [-0.2, 0) is 9.59 Å². The highest BCUT2D eigenvalue weighted by Crippen LogP contribution is 2.20. The van der Waals surface area contributed by atoms with Crippen LogP contribution >= 0.6 is 0 Å². The van der Waals surface area contributed by atoms with Gasteiger partial charge in [-0.3, -0.25) is 9.59 Å². The molecule has 1 aromatic carbocycles. The third kappa shape index (κ3) is 9.40. The summed E-state index contributed by atoms with van der Waals surface area (Å²) >= 11 is 0. The van der Waals surface area contributed by atoms with Crippen molar-refractivity contribution < 1.29 is 9.59 Å². The number of hydrogen-bond acceptors (Lipinski definition) is 2. The minimum Gasteiger partial charge on any atom is -0.356 e.